The van der Waals surface area contributed by atoms with Gasteiger partial charge < -0.3 is 20.4 Å². The summed E-state index contributed by atoms with van der Waals surface area (Å²) in [6.07, 6.45) is 0.925. The highest BCUT2D eigenvalue weighted by atomic mass is 127. The summed E-state index contributed by atoms with van der Waals surface area (Å²) in [5.74, 6) is 1.75. The lowest BCUT2D eigenvalue weighted by atomic mass is 9.89. The third-order valence-electron chi connectivity index (χ3n) is 4.02. The molecular weight excluding hydrogens is 429 g/mol. The number of aromatic amines is 1. The molecule has 2 aromatic rings. The molecule has 0 fully saturated rings. The van der Waals surface area contributed by atoms with Crippen molar-refractivity contribution in [2.75, 3.05) is 27.2 Å². The summed E-state index contributed by atoms with van der Waals surface area (Å²) >= 11 is 0. The van der Waals surface area contributed by atoms with Gasteiger partial charge in [-0.15, -0.1) is 24.0 Å². The topological polar surface area (TPSA) is 74.3 Å². The first-order valence-corrected chi connectivity index (χ1v) is 8.35. The molecule has 0 amide bonds. The second-order valence-corrected chi connectivity index (χ2v) is 6.92. The number of nitrogens with zero attached hydrogens (tertiary/aromatic N) is 2. The number of guanidine groups is 1. The molecule has 1 heterocycles. The SMILES string of the molecule is CN=C(NCCc1nc2ccccc2[nH]1)NCC(OC)C(C)(C)C.I. The van der Waals surface area contributed by atoms with E-state index in [-0.39, 0.29) is 35.5 Å². The normalized spacial score (nSPS) is 13.4. The number of hydrogen-bond donors (Lipinski definition) is 3. The number of imidazole rings is 1. The van der Waals surface area contributed by atoms with Gasteiger partial charge in [-0.25, -0.2) is 4.98 Å². The first-order valence-electron chi connectivity index (χ1n) is 8.35. The number of aromatic nitrogens is 2. The van der Waals surface area contributed by atoms with Gasteiger partial charge in [-0.1, -0.05) is 32.9 Å². The van der Waals surface area contributed by atoms with Crippen LogP contribution >= 0.6 is 24.0 Å². The third-order valence-corrected chi connectivity index (χ3v) is 4.02. The van der Waals surface area contributed by atoms with Crippen molar-refractivity contribution in [1.29, 1.82) is 0 Å². The molecule has 0 radical (unpaired) electrons. The average molecular weight is 459 g/mol. The molecule has 0 spiro atoms. The molecule has 7 heteroatoms. The molecule has 0 aliphatic carbocycles. The van der Waals surface area contributed by atoms with Crippen LogP contribution < -0.4 is 10.6 Å². The quantitative estimate of drug-likeness (QED) is 0.353. The van der Waals surface area contributed by atoms with Crippen LogP contribution in [-0.4, -0.2) is 49.3 Å². The van der Waals surface area contributed by atoms with Crippen LogP contribution in [-0.2, 0) is 11.2 Å². The van der Waals surface area contributed by atoms with Gasteiger partial charge in [0.2, 0.25) is 0 Å². The van der Waals surface area contributed by atoms with Crippen LogP contribution in [0.15, 0.2) is 29.3 Å². The summed E-state index contributed by atoms with van der Waals surface area (Å²) in [6.45, 7) is 7.97. The first-order chi connectivity index (χ1) is 11.4. The van der Waals surface area contributed by atoms with E-state index in [1.165, 1.54) is 0 Å². The number of halogens is 1. The largest absolute Gasteiger partial charge is 0.379 e. The maximum Gasteiger partial charge on any atom is 0.191 e. The summed E-state index contributed by atoms with van der Waals surface area (Å²) in [7, 11) is 3.52. The summed E-state index contributed by atoms with van der Waals surface area (Å²) in [5, 5.41) is 6.64. The monoisotopic (exact) mass is 459 g/mol. The molecule has 0 bridgehead atoms. The number of hydrogen-bond acceptors (Lipinski definition) is 3. The fraction of sp³-hybridized carbons (Fsp3) is 0.556. The number of para-hydroxylation sites is 2. The summed E-state index contributed by atoms with van der Waals surface area (Å²) in [4.78, 5) is 12.2. The number of benzene rings is 1. The van der Waals surface area contributed by atoms with Crippen molar-refractivity contribution in [2.24, 2.45) is 10.4 Å². The fourth-order valence-corrected chi connectivity index (χ4v) is 2.58. The Hall–Kier alpha value is -1.35. The molecule has 0 saturated heterocycles. The summed E-state index contributed by atoms with van der Waals surface area (Å²) in [6, 6.07) is 8.06. The Labute approximate surface area is 167 Å². The Bertz CT molecular complexity index is 644. The third kappa shape index (κ3) is 6.47. The number of fused-ring (bicyclic) bond motifs is 1. The van der Waals surface area contributed by atoms with Crippen LogP contribution in [0.3, 0.4) is 0 Å². The Kier molecular flexibility index (Phi) is 8.64. The van der Waals surface area contributed by atoms with Crippen molar-refractivity contribution in [3.63, 3.8) is 0 Å². The molecule has 0 aliphatic rings. The molecule has 25 heavy (non-hydrogen) atoms. The second kappa shape index (κ2) is 9.96. The van der Waals surface area contributed by atoms with Crippen LogP contribution in [0.1, 0.15) is 26.6 Å². The molecule has 1 aromatic carbocycles. The Morgan fingerprint density at radius 1 is 1.28 bits per heavy atom. The molecule has 6 nitrogen and oxygen atoms in total. The lowest BCUT2D eigenvalue weighted by Crippen LogP contribution is -2.45. The molecule has 0 aliphatic heterocycles. The van der Waals surface area contributed by atoms with E-state index in [2.05, 4.69) is 46.4 Å². The van der Waals surface area contributed by atoms with Gasteiger partial charge in [0.05, 0.1) is 17.1 Å². The standard InChI is InChI=1S/C18H29N5O.HI/c1-18(2,3)15(24-5)12-21-17(19-4)20-11-10-16-22-13-8-6-7-9-14(13)23-16;/h6-9,15H,10-12H2,1-5H3,(H,22,23)(H2,19,20,21);1H. The molecular formula is C18H30IN5O. The fourth-order valence-electron chi connectivity index (χ4n) is 2.58. The summed E-state index contributed by atoms with van der Waals surface area (Å²) in [5.41, 5.74) is 2.15. The maximum absolute atomic E-state index is 5.56. The second-order valence-electron chi connectivity index (χ2n) is 6.92. The lowest BCUT2D eigenvalue weighted by molar-refractivity contribution is 0.0205. The highest BCUT2D eigenvalue weighted by Gasteiger charge is 2.24. The van der Waals surface area contributed by atoms with Gasteiger partial charge in [0.15, 0.2) is 5.96 Å². The molecule has 1 aromatic heterocycles. The van der Waals surface area contributed by atoms with Crippen LogP contribution in [0.5, 0.6) is 0 Å². The predicted octanol–water partition coefficient (Wildman–Crippen LogP) is 2.95. The van der Waals surface area contributed by atoms with Gasteiger partial charge in [-0.3, -0.25) is 4.99 Å². The molecule has 3 N–H and O–H groups in total. The molecule has 2 rings (SSSR count). The van der Waals surface area contributed by atoms with Gasteiger partial charge in [0, 0.05) is 33.7 Å². The highest BCUT2D eigenvalue weighted by molar-refractivity contribution is 14.0. The van der Waals surface area contributed by atoms with Gasteiger partial charge in [0.25, 0.3) is 0 Å². The van der Waals surface area contributed by atoms with Crippen molar-refractivity contribution in [3.05, 3.63) is 30.1 Å². The van der Waals surface area contributed by atoms with Gasteiger partial charge >= 0.3 is 0 Å². The van der Waals surface area contributed by atoms with Crippen molar-refractivity contribution in [2.45, 2.75) is 33.3 Å². The first kappa shape index (κ1) is 21.7. The highest BCUT2D eigenvalue weighted by Crippen LogP contribution is 2.20. The minimum atomic E-state index is 0. The van der Waals surface area contributed by atoms with Crippen LogP contribution in [0.4, 0.5) is 0 Å². The summed E-state index contributed by atoms with van der Waals surface area (Å²) < 4.78 is 5.56. The number of H-pyrrole nitrogens is 1. The average Bonchev–Trinajstić information content (AvgIpc) is 2.95. The zero-order chi connectivity index (χ0) is 17.6. The zero-order valence-electron chi connectivity index (χ0n) is 15.7. The Morgan fingerprint density at radius 2 is 2.00 bits per heavy atom. The smallest absolute Gasteiger partial charge is 0.191 e. The lowest BCUT2D eigenvalue weighted by Gasteiger charge is -2.30. The van der Waals surface area contributed by atoms with E-state index < -0.39 is 0 Å². The number of rotatable bonds is 6. The van der Waals surface area contributed by atoms with Crippen molar-refractivity contribution >= 4 is 41.0 Å². The molecule has 140 valence electrons. The zero-order valence-corrected chi connectivity index (χ0v) is 18.0. The van der Waals surface area contributed by atoms with Gasteiger partial charge in [0.1, 0.15) is 5.82 Å². The Morgan fingerprint density at radius 3 is 2.60 bits per heavy atom. The van der Waals surface area contributed by atoms with Gasteiger partial charge in [-0.05, 0) is 17.5 Å². The van der Waals surface area contributed by atoms with Crippen LogP contribution in [0.2, 0.25) is 0 Å². The van der Waals surface area contributed by atoms with E-state index in [9.17, 15) is 0 Å². The van der Waals surface area contributed by atoms with E-state index >= 15 is 0 Å². The predicted molar refractivity (Wildman–Crippen MR) is 115 cm³/mol. The molecule has 1 atom stereocenters. The number of nitrogens with one attached hydrogen (secondary N) is 3. The minimum Gasteiger partial charge on any atom is -0.379 e. The van der Waals surface area contributed by atoms with E-state index in [1.807, 2.05) is 24.3 Å². The van der Waals surface area contributed by atoms with Crippen molar-refractivity contribution in [1.82, 2.24) is 20.6 Å². The molecule has 0 saturated carbocycles. The van der Waals surface area contributed by atoms with Crippen LogP contribution in [0, 0.1) is 5.41 Å². The van der Waals surface area contributed by atoms with Crippen molar-refractivity contribution < 1.29 is 4.74 Å². The van der Waals surface area contributed by atoms with Crippen LogP contribution in [0.25, 0.3) is 11.0 Å². The number of ether oxygens (including phenoxy) is 1. The minimum absolute atomic E-state index is 0. The number of aliphatic imine (C=N–C) groups is 1. The van der Waals surface area contributed by atoms with E-state index in [0.717, 1.165) is 35.8 Å². The maximum atomic E-state index is 5.56. The van der Waals surface area contributed by atoms with E-state index in [0.29, 0.717) is 6.54 Å². The van der Waals surface area contributed by atoms with Crippen molar-refractivity contribution in [3.8, 4) is 0 Å². The van der Waals surface area contributed by atoms with E-state index in [1.54, 1.807) is 14.2 Å². The Balaban J connectivity index is 0.00000312. The number of methoxy groups -OCH3 is 1. The van der Waals surface area contributed by atoms with E-state index in [4.69, 9.17) is 4.74 Å². The molecule has 1 unspecified atom stereocenters. The van der Waals surface area contributed by atoms with Gasteiger partial charge in [-0.2, -0.15) is 0 Å².